The molecule has 0 bridgehead atoms. The second kappa shape index (κ2) is 2.72. The maximum Gasteiger partial charge on any atom is -0.0468 e. The van der Waals surface area contributed by atoms with Crippen LogP contribution in [0.5, 0.6) is 0 Å². The fourth-order valence-electron chi connectivity index (χ4n) is 1.25. The van der Waals surface area contributed by atoms with Gasteiger partial charge in [0.15, 0.2) is 0 Å². The third kappa shape index (κ3) is 2.00. The molecule has 1 rings (SSSR count). The minimum absolute atomic E-state index is 0.930. The average Bonchev–Trinajstić information content (AvgIpc) is 2.47. The van der Waals surface area contributed by atoms with Crippen molar-refractivity contribution in [2.24, 2.45) is 17.8 Å². The van der Waals surface area contributed by atoms with E-state index in [2.05, 4.69) is 27.2 Å². The van der Waals surface area contributed by atoms with E-state index in [-0.39, 0.29) is 0 Å². The standard InChI is InChI=1S/C9H17/c1-4-7(2)5-9-6-8(9)3/h6-9H,4-5H2,1-3H3/q-1. The van der Waals surface area contributed by atoms with E-state index < -0.39 is 0 Å². The highest BCUT2D eigenvalue weighted by molar-refractivity contribution is 5.02. The summed E-state index contributed by atoms with van der Waals surface area (Å²) in [5.74, 6) is 2.84. The van der Waals surface area contributed by atoms with Crippen LogP contribution in [-0.4, -0.2) is 0 Å². The molecule has 3 unspecified atom stereocenters. The molecule has 1 aliphatic carbocycles. The highest BCUT2D eigenvalue weighted by Gasteiger charge is 2.18. The van der Waals surface area contributed by atoms with E-state index in [0.29, 0.717) is 0 Å². The molecule has 54 valence electrons. The summed E-state index contributed by atoms with van der Waals surface area (Å²) in [6.45, 7) is 6.93. The second-order valence-corrected chi connectivity index (χ2v) is 3.46. The number of hydrogen-bond acceptors (Lipinski definition) is 0. The fourth-order valence-corrected chi connectivity index (χ4v) is 1.25. The predicted octanol–water partition coefficient (Wildman–Crippen LogP) is 2.89. The first kappa shape index (κ1) is 7.11. The van der Waals surface area contributed by atoms with Gasteiger partial charge in [-0.25, -0.2) is 0 Å². The van der Waals surface area contributed by atoms with Crippen LogP contribution >= 0.6 is 0 Å². The van der Waals surface area contributed by atoms with E-state index in [0.717, 1.165) is 17.8 Å². The lowest BCUT2D eigenvalue weighted by molar-refractivity contribution is 0.472. The van der Waals surface area contributed by atoms with Gasteiger partial charge < -0.3 is 6.42 Å². The SMILES string of the molecule is CCC(C)CC1[CH-]C1C. The molecule has 1 aliphatic rings. The molecular weight excluding hydrogens is 108 g/mol. The first-order valence-electron chi connectivity index (χ1n) is 4.09. The average molecular weight is 125 g/mol. The third-order valence-corrected chi connectivity index (χ3v) is 2.46. The van der Waals surface area contributed by atoms with Gasteiger partial charge in [-0.05, 0) is 5.92 Å². The molecule has 0 spiro atoms. The maximum absolute atomic E-state index is 2.45. The van der Waals surface area contributed by atoms with Crippen molar-refractivity contribution in [2.45, 2.75) is 33.6 Å². The molecule has 0 aromatic heterocycles. The summed E-state index contributed by atoms with van der Waals surface area (Å²) in [5, 5.41) is 0. The van der Waals surface area contributed by atoms with Crippen molar-refractivity contribution < 1.29 is 0 Å². The van der Waals surface area contributed by atoms with Crippen LogP contribution in [0.1, 0.15) is 33.6 Å². The number of hydrogen-bond donors (Lipinski definition) is 0. The Balaban J connectivity index is 2.05. The van der Waals surface area contributed by atoms with Gasteiger partial charge in [-0.2, -0.15) is 11.8 Å². The zero-order chi connectivity index (χ0) is 6.85. The van der Waals surface area contributed by atoms with Crippen LogP contribution < -0.4 is 0 Å². The van der Waals surface area contributed by atoms with Crippen LogP contribution in [0.15, 0.2) is 0 Å². The Morgan fingerprint density at radius 1 is 1.56 bits per heavy atom. The predicted molar refractivity (Wildman–Crippen MR) is 41.0 cm³/mol. The lowest BCUT2D eigenvalue weighted by Crippen LogP contribution is -1.93. The molecule has 0 amide bonds. The van der Waals surface area contributed by atoms with Gasteiger partial charge in [0.1, 0.15) is 0 Å². The highest BCUT2D eigenvalue weighted by atomic mass is 14.4. The van der Waals surface area contributed by atoms with E-state index in [4.69, 9.17) is 0 Å². The zero-order valence-electron chi connectivity index (χ0n) is 6.72. The van der Waals surface area contributed by atoms with Gasteiger partial charge in [0.05, 0.1) is 0 Å². The summed E-state index contributed by atoms with van der Waals surface area (Å²) < 4.78 is 0. The third-order valence-electron chi connectivity index (χ3n) is 2.46. The minimum atomic E-state index is 0.930. The summed E-state index contributed by atoms with van der Waals surface area (Å²) in [4.78, 5) is 0. The summed E-state index contributed by atoms with van der Waals surface area (Å²) >= 11 is 0. The molecule has 9 heavy (non-hydrogen) atoms. The lowest BCUT2D eigenvalue weighted by Gasteiger charge is -2.09. The molecule has 0 N–H and O–H groups in total. The normalized spacial score (nSPS) is 36.3. The van der Waals surface area contributed by atoms with Gasteiger partial charge >= 0.3 is 0 Å². The van der Waals surface area contributed by atoms with Gasteiger partial charge in [-0.15, -0.1) is 0 Å². The topological polar surface area (TPSA) is 0 Å². The van der Waals surface area contributed by atoms with Crippen LogP contribution in [-0.2, 0) is 0 Å². The van der Waals surface area contributed by atoms with Crippen molar-refractivity contribution >= 4 is 0 Å². The van der Waals surface area contributed by atoms with Crippen molar-refractivity contribution in [2.75, 3.05) is 0 Å². The fraction of sp³-hybridized carbons (Fsp3) is 0.889. The molecule has 0 heterocycles. The second-order valence-electron chi connectivity index (χ2n) is 3.46. The Kier molecular flexibility index (Phi) is 2.15. The Morgan fingerprint density at radius 2 is 2.11 bits per heavy atom. The summed E-state index contributed by atoms with van der Waals surface area (Å²) in [6, 6.07) is 0. The molecule has 0 aliphatic heterocycles. The molecule has 0 saturated heterocycles. The van der Waals surface area contributed by atoms with Crippen molar-refractivity contribution in [3.63, 3.8) is 0 Å². The first-order valence-corrected chi connectivity index (χ1v) is 4.09. The summed E-state index contributed by atoms with van der Waals surface area (Å²) in [7, 11) is 0. The molecule has 0 radical (unpaired) electrons. The summed E-state index contributed by atoms with van der Waals surface area (Å²) in [5.41, 5.74) is 0. The van der Waals surface area contributed by atoms with Gasteiger partial charge in [0.25, 0.3) is 0 Å². The quantitative estimate of drug-likeness (QED) is 0.509. The van der Waals surface area contributed by atoms with Crippen LogP contribution in [0.2, 0.25) is 0 Å². The maximum atomic E-state index is 2.45. The first-order chi connectivity index (χ1) is 4.24. The van der Waals surface area contributed by atoms with Gasteiger partial charge in [0.2, 0.25) is 0 Å². The van der Waals surface area contributed by atoms with Crippen LogP contribution in [0.4, 0.5) is 0 Å². The largest absolute Gasteiger partial charge is 0.327 e. The van der Waals surface area contributed by atoms with Gasteiger partial charge in [-0.3, -0.25) is 0 Å². The Morgan fingerprint density at radius 3 is 2.44 bits per heavy atom. The van der Waals surface area contributed by atoms with Crippen molar-refractivity contribution in [1.82, 2.24) is 0 Å². The van der Waals surface area contributed by atoms with E-state index in [1.807, 2.05) is 0 Å². The molecule has 3 atom stereocenters. The van der Waals surface area contributed by atoms with Crippen molar-refractivity contribution in [3.8, 4) is 0 Å². The Labute approximate surface area is 58.7 Å². The zero-order valence-corrected chi connectivity index (χ0v) is 6.72. The minimum Gasteiger partial charge on any atom is -0.327 e. The smallest absolute Gasteiger partial charge is 0.0468 e. The molecule has 0 nitrogen and oxygen atoms in total. The molecule has 0 aromatic rings. The summed E-state index contributed by atoms with van der Waals surface area (Å²) in [6.07, 6.45) is 5.22. The van der Waals surface area contributed by atoms with E-state index in [1.165, 1.54) is 12.8 Å². The van der Waals surface area contributed by atoms with E-state index in [1.54, 1.807) is 0 Å². The van der Waals surface area contributed by atoms with E-state index >= 15 is 0 Å². The highest BCUT2D eigenvalue weighted by Crippen LogP contribution is 2.41. The van der Waals surface area contributed by atoms with Crippen LogP contribution in [0.3, 0.4) is 0 Å². The molecule has 1 saturated carbocycles. The monoisotopic (exact) mass is 125 g/mol. The molecule has 1 fully saturated rings. The van der Waals surface area contributed by atoms with Crippen LogP contribution in [0, 0.1) is 24.2 Å². The molecule has 0 heteroatoms. The lowest BCUT2D eigenvalue weighted by atomic mass is 10.0. The van der Waals surface area contributed by atoms with Gasteiger partial charge in [-0.1, -0.05) is 33.6 Å². The van der Waals surface area contributed by atoms with Gasteiger partial charge in [0, 0.05) is 0 Å². The van der Waals surface area contributed by atoms with Crippen molar-refractivity contribution in [3.05, 3.63) is 6.42 Å². The Bertz CT molecular complexity index is 84.0. The number of rotatable bonds is 3. The molecular formula is C9H17-. The molecule has 0 aromatic carbocycles. The Hall–Kier alpha value is 0. The van der Waals surface area contributed by atoms with E-state index in [9.17, 15) is 0 Å². The van der Waals surface area contributed by atoms with Crippen molar-refractivity contribution in [1.29, 1.82) is 0 Å². The van der Waals surface area contributed by atoms with Crippen LogP contribution in [0.25, 0.3) is 0 Å².